The molecule has 0 unspecified atom stereocenters. The third kappa shape index (κ3) is 8.59. The first-order chi connectivity index (χ1) is 26.1. The second kappa shape index (κ2) is 16.2. The van der Waals surface area contributed by atoms with Crippen molar-refractivity contribution in [3.63, 3.8) is 0 Å². The summed E-state index contributed by atoms with van der Waals surface area (Å²) in [5.74, 6) is 2.48. The number of hydrogen-bond acceptors (Lipinski definition) is 3. The second-order valence-electron chi connectivity index (χ2n) is 18.0. The minimum absolute atomic E-state index is 0. The quantitative estimate of drug-likeness (QED) is 0.128. The normalized spacial score (nSPS) is 12.1. The van der Waals surface area contributed by atoms with Crippen LogP contribution in [0.3, 0.4) is 0 Å². The molecular formula is C50H56N4OPt. The van der Waals surface area contributed by atoms with Gasteiger partial charge >= 0.3 is 21.1 Å². The third-order valence-corrected chi connectivity index (χ3v) is 11.2. The number of hydrogen-bond donors (Lipinski definition) is 0. The SMILES string of the molecule is Cc1c(C)c(CCC(C)(C)C)c(-c2cnn(-c3[c-]c(Oc4[c-]c5c(cc4)c4ccccc4n5-c4cc(C(C)C)ccn4)ccc3)c2)c(CCC(C)(C)C)c1C.[Pt+2]. The predicted octanol–water partition coefficient (Wildman–Crippen LogP) is 13.4. The van der Waals surface area contributed by atoms with E-state index in [1.54, 1.807) is 0 Å². The second-order valence-corrected chi connectivity index (χ2v) is 18.0. The molecule has 5 nitrogen and oxygen atoms in total. The van der Waals surface area contributed by atoms with E-state index in [0.29, 0.717) is 17.4 Å². The first-order valence-corrected chi connectivity index (χ1v) is 19.9. The van der Waals surface area contributed by atoms with Crippen molar-refractivity contribution < 1.29 is 25.8 Å². The maximum Gasteiger partial charge on any atom is 2.00 e. The van der Waals surface area contributed by atoms with Gasteiger partial charge in [0, 0.05) is 35.0 Å². The van der Waals surface area contributed by atoms with E-state index in [-0.39, 0.29) is 31.9 Å². The Morgan fingerprint density at radius 3 is 2.05 bits per heavy atom. The van der Waals surface area contributed by atoms with Gasteiger partial charge in [-0.1, -0.05) is 79.1 Å². The van der Waals surface area contributed by atoms with Gasteiger partial charge in [0.1, 0.15) is 5.82 Å². The zero-order valence-corrected chi connectivity index (χ0v) is 37.3. The molecule has 0 fully saturated rings. The molecule has 0 radical (unpaired) electrons. The summed E-state index contributed by atoms with van der Waals surface area (Å²) in [6.45, 7) is 25.4. The van der Waals surface area contributed by atoms with E-state index in [0.717, 1.165) is 64.6 Å². The fourth-order valence-corrected chi connectivity index (χ4v) is 7.68. The van der Waals surface area contributed by atoms with E-state index in [1.807, 2.05) is 41.3 Å². The molecule has 7 rings (SSSR count). The Labute approximate surface area is 348 Å². The average Bonchev–Trinajstić information content (AvgIpc) is 3.75. The van der Waals surface area contributed by atoms with Gasteiger partial charge in [-0.3, -0.25) is 4.68 Å². The van der Waals surface area contributed by atoms with Crippen molar-refractivity contribution in [1.82, 2.24) is 19.3 Å². The molecule has 3 aromatic heterocycles. The summed E-state index contributed by atoms with van der Waals surface area (Å²) >= 11 is 0. The number of ether oxygens (including phenoxy) is 1. The van der Waals surface area contributed by atoms with E-state index in [2.05, 4.69) is 142 Å². The van der Waals surface area contributed by atoms with Crippen LogP contribution in [0.25, 0.3) is 44.4 Å². The van der Waals surface area contributed by atoms with Crippen molar-refractivity contribution in [3.05, 3.63) is 131 Å². The van der Waals surface area contributed by atoms with Crippen LogP contribution in [0.5, 0.6) is 11.5 Å². The number of rotatable bonds is 10. The standard InChI is InChI=1S/C50H56N4O.Pt/c1-32(2)36-23-26-51-47(27-36)54-45-18-13-12-17-43(45)44-20-19-40(29-46(44)54)55-39-16-14-15-38(28-39)53-31-37(30-52-53)48-41(21-24-49(6,7)8)34(4)33(3)35(5)42(48)22-25-50(9,10)11;/h12-20,23,26-27,30-32H,21-22,24-25H2,1-11H3;/q-2;+2. The summed E-state index contributed by atoms with van der Waals surface area (Å²) < 4.78 is 10.6. The van der Waals surface area contributed by atoms with Crippen LogP contribution in [0.1, 0.15) is 108 Å². The van der Waals surface area contributed by atoms with E-state index in [9.17, 15) is 0 Å². The molecule has 6 heteroatoms. The maximum absolute atomic E-state index is 6.51. The third-order valence-electron chi connectivity index (χ3n) is 11.2. The van der Waals surface area contributed by atoms with Gasteiger partial charge in [-0.05, 0) is 131 Å². The van der Waals surface area contributed by atoms with E-state index < -0.39 is 0 Å². The Balaban J connectivity index is 0.00000532. The molecule has 0 N–H and O–H groups in total. The molecule has 3 heterocycles. The Morgan fingerprint density at radius 2 is 1.39 bits per heavy atom. The average molecular weight is 924 g/mol. The van der Waals surface area contributed by atoms with Crippen molar-refractivity contribution in [2.75, 3.05) is 0 Å². The molecule has 0 amide bonds. The maximum atomic E-state index is 6.51. The fraction of sp³-hybridized carbons (Fsp3) is 0.360. The Bertz CT molecular complexity index is 2460. The molecule has 0 saturated heterocycles. The molecule has 0 saturated carbocycles. The van der Waals surface area contributed by atoms with Crippen LogP contribution in [0.4, 0.5) is 0 Å². The Kier molecular flexibility index (Phi) is 11.9. The first kappa shape index (κ1) is 41.2. The van der Waals surface area contributed by atoms with Gasteiger partial charge in [-0.25, -0.2) is 4.98 Å². The van der Waals surface area contributed by atoms with Crippen molar-refractivity contribution in [3.8, 4) is 34.1 Å². The van der Waals surface area contributed by atoms with Crippen LogP contribution in [0, 0.1) is 43.7 Å². The minimum atomic E-state index is 0. The van der Waals surface area contributed by atoms with Crippen molar-refractivity contribution in [2.45, 2.75) is 108 Å². The van der Waals surface area contributed by atoms with E-state index >= 15 is 0 Å². The molecule has 0 aliphatic heterocycles. The number of fused-ring (bicyclic) bond motifs is 3. The van der Waals surface area contributed by atoms with Crippen molar-refractivity contribution >= 4 is 21.8 Å². The molecule has 292 valence electrons. The topological polar surface area (TPSA) is 44.9 Å². The number of para-hydroxylation sites is 1. The van der Waals surface area contributed by atoms with Gasteiger partial charge in [0.05, 0.1) is 6.20 Å². The van der Waals surface area contributed by atoms with Gasteiger partial charge in [-0.2, -0.15) is 17.2 Å². The van der Waals surface area contributed by atoms with Crippen LogP contribution in [0.2, 0.25) is 0 Å². The van der Waals surface area contributed by atoms with Crippen molar-refractivity contribution in [2.24, 2.45) is 10.8 Å². The zero-order chi connectivity index (χ0) is 39.2. The number of pyridine rings is 1. The molecule has 0 aliphatic rings. The van der Waals surface area contributed by atoms with Crippen LogP contribution in [-0.2, 0) is 33.9 Å². The summed E-state index contributed by atoms with van der Waals surface area (Å²) in [5.41, 5.74) is 14.2. The van der Waals surface area contributed by atoms with Gasteiger partial charge in [0.2, 0.25) is 0 Å². The summed E-state index contributed by atoms with van der Waals surface area (Å²) in [6, 6.07) is 29.9. The largest absolute Gasteiger partial charge is 2.00 e. The van der Waals surface area contributed by atoms with Gasteiger partial charge < -0.3 is 9.30 Å². The molecule has 4 aromatic carbocycles. The Hall–Kier alpha value is -4.47. The number of nitrogens with zero attached hydrogens (tertiary/aromatic N) is 4. The molecule has 0 bridgehead atoms. The molecule has 0 spiro atoms. The Morgan fingerprint density at radius 1 is 0.732 bits per heavy atom. The van der Waals surface area contributed by atoms with Gasteiger partial charge in [0.25, 0.3) is 0 Å². The fourth-order valence-electron chi connectivity index (χ4n) is 7.68. The monoisotopic (exact) mass is 923 g/mol. The number of aromatic nitrogens is 4. The van der Waals surface area contributed by atoms with Crippen LogP contribution in [0.15, 0.2) is 85.3 Å². The summed E-state index contributed by atoms with van der Waals surface area (Å²) in [6.07, 6.45) is 10.4. The van der Waals surface area contributed by atoms with Gasteiger partial charge in [-0.15, -0.1) is 35.7 Å². The predicted molar refractivity (Wildman–Crippen MR) is 229 cm³/mol. The van der Waals surface area contributed by atoms with Crippen molar-refractivity contribution in [1.29, 1.82) is 0 Å². The zero-order valence-electron chi connectivity index (χ0n) is 35.0. The first-order valence-electron chi connectivity index (χ1n) is 19.9. The van der Waals surface area contributed by atoms with Crippen LogP contribution < -0.4 is 4.74 Å². The molecule has 0 atom stereocenters. The summed E-state index contributed by atoms with van der Waals surface area (Å²) in [5, 5.41) is 7.19. The van der Waals surface area contributed by atoms with E-state index in [1.165, 1.54) is 38.9 Å². The molecule has 0 aliphatic carbocycles. The minimum Gasteiger partial charge on any atom is -0.509 e. The smallest absolute Gasteiger partial charge is 0.509 e. The molecular weight excluding hydrogens is 868 g/mol. The number of benzene rings is 4. The van der Waals surface area contributed by atoms with Crippen LogP contribution in [-0.4, -0.2) is 19.3 Å². The van der Waals surface area contributed by atoms with E-state index in [4.69, 9.17) is 14.8 Å². The molecule has 56 heavy (non-hydrogen) atoms. The summed E-state index contributed by atoms with van der Waals surface area (Å²) in [4.78, 5) is 4.80. The summed E-state index contributed by atoms with van der Waals surface area (Å²) in [7, 11) is 0. The molecule has 7 aromatic rings. The van der Waals surface area contributed by atoms with Crippen LogP contribution >= 0.6 is 0 Å². The van der Waals surface area contributed by atoms with Gasteiger partial charge in [0.15, 0.2) is 0 Å².